The first-order valence-corrected chi connectivity index (χ1v) is 16.9. The second kappa shape index (κ2) is 23.9. The van der Waals surface area contributed by atoms with Gasteiger partial charge in [0.1, 0.15) is 12.4 Å². The van der Waals surface area contributed by atoms with Crippen LogP contribution in [0.15, 0.2) is 82.3 Å². The van der Waals surface area contributed by atoms with Gasteiger partial charge in [-0.25, -0.2) is 9.98 Å². The minimum atomic E-state index is -0.468. The van der Waals surface area contributed by atoms with Gasteiger partial charge in [0, 0.05) is 0 Å². The molecule has 0 spiro atoms. The number of aryl methyl sites for hydroxylation is 12. The normalized spacial score (nSPS) is 11.0. The Balaban J connectivity index is 0. The van der Waals surface area contributed by atoms with Crippen molar-refractivity contribution in [2.45, 2.75) is 83.1 Å². The van der Waals surface area contributed by atoms with E-state index in [1.165, 1.54) is 24.8 Å². The molecule has 4 aromatic rings. The van der Waals surface area contributed by atoms with Crippen LogP contribution >= 0.6 is 0 Å². The van der Waals surface area contributed by atoms with Crippen LogP contribution in [0.1, 0.15) is 66.8 Å². The Bertz CT molecular complexity index is 1900. The van der Waals surface area contributed by atoms with Crippen molar-refractivity contribution in [2.75, 3.05) is 0 Å². The van der Waals surface area contributed by atoms with Gasteiger partial charge in [-0.05, 0) is 105 Å². The zero-order valence-corrected chi connectivity index (χ0v) is 35.6. The predicted octanol–water partition coefficient (Wildman–Crippen LogP) is 11.8. The average Bonchev–Trinajstić information content (AvgIpc) is 3.00. The summed E-state index contributed by atoms with van der Waals surface area (Å²) < 4.78 is 0. The molecule has 12 nitrogen and oxygen atoms in total. The van der Waals surface area contributed by atoms with Crippen LogP contribution in [-0.4, -0.2) is 33.2 Å². The summed E-state index contributed by atoms with van der Waals surface area (Å²) in [4.78, 5) is 30.5. The van der Waals surface area contributed by atoms with E-state index in [0.717, 1.165) is 89.5 Å². The molecule has 0 fully saturated rings. The van der Waals surface area contributed by atoms with Crippen molar-refractivity contribution < 1.29 is 54.9 Å². The summed E-state index contributed by atoms with van der Waals surface area (Å²) in [5.41, 5.74) is 15.2. The van der Waals surface area contributed by atoms with E-state index < -0.39 is 9.85 Å². The fourth-order valence-corrected chi connectivity index (χ4v) is 6.28. The van der Waals surface area contributed by atoms with Gasteiger partial charge in [0.2, 0.25) is 0 Å². The summed E-state index contributed by atoms with van der Waals surface area (Å²) in [5.74, 6) is 0. The summed E-state index contributed by atoms with van der Waals surface area (Å²) in [6.45, 7) is 23.7. The molecule has 0 aliphatic carbocycles. The van der Waals surface area contributed by atoms with Crippen molar-refractivity contribution in [3.63, 3.8) is 0 Å². The van der Waals surface area contributed by atoms with Gasteiger partial charge in [0.25, 0.3) is 11.4 Å². The van der Waals surface area contributed by atoms with E-state index >= 15 is 0 Å². The third-order valence-electron chi connectivity index (χ3n) is 8.27. The fraction of sp³-hybridized carbons (Fsp3) is 0.286. The smallest absolute Gasteiger partial charge is 0.870 e. The molecule has 4 rings (SSSR count). The van der Waals surface area contributed by atoms with E-state index in [1.807, 2.05) is 132 Å². The average molecular weight is 862 g/mol. The molecule has 0 atom stereocenters. The van der Waals surface area contributed by atoms with Crippen LogP contribution < -0.4 is 0 Å². The molecule has 2 N–H and O–H groups in total. The monoisotopic (exact) mass is 860 g/mol. The zero-order valence-electron chi connectivity index (χ0n) is 33.7. The first-order chi connectivity index (χ1) is 24.4. The van der Waals surface area contributed by atoms with Gasteiger partial charge in [0.15, 0.2) is 0 Å². The molecule has 0 aromatic heterocycles. The zero-order chi connectivity index (χ0) is 38.9. The molecular weight excluding hydrogens is 812 g/mol. The SMILES string of the molecule is Cc1cc(C)c(N=C/C(=C\[N-]c2c(C)cc(C)cc2C)[N+](=O)[O-])c(C)c1.Cc1cc(C)c(N=C/C(=C\[N-]c2c(C)cc(C)cc2C)[N+](=O)[O-])c(C)c1.[Cu+2].[Cu+2].[OH-].[OH-]. The van der Waals surface area contributed by atoms with Crippen LogP contribution in [0.25, 0.3) is 10.6 Å². The summed E-state index contributed by atoms with van der Waals surface area (Å²) in [7, 11) is 0. The van der Waals surface area contributed by atoms with Crippen LogP contribution in [0.3, 0.4) is 0 Å². The van der Waals surface area contributed by atoms with Crippen LogP contribution in [0, 0.1) is 103 Å². The van der Waals surface area contributed by atoms with Gasteiger partial charge in [-0.1, -0.05) is 105 Å². The van der Waals surface area contributed by atoms with Gasteiger partial charge in [-0.2, -0.15) is 0 Å². The van der Waals surface area contributed by atoms with E-state index in [1.54, 1.807) is 0 Å². The molecule has 0 aliphatic heterocycles. The molecule has 2 radical (unpaired) electrons. The second-order valence-electron chi connectivity index (χ2n) is 13.4. The van der Waals surface area contributed by atoms with E-state index in [2.05, 4.69) is 20.6 Å². The standard InChI is InChI=1S/2C21H24N3O2.2Cu.2H2O/c2*1-13-7-15(3)20(16(4)8-13)22-11-19(24(25)26)12-23-21-17(5)9-14(2)10-18(21)6;;;;/h2*7-12H,1-6H3;;;2*1H2/q2*-1;2*+2;;/p-2/b2*19-11+,23-12?;;;;. The number of benzene rings is 4. The van der Waals surface area contributed by atoms with Gasteiger partial charge in [0.05, 0.1) is 21.2 Å². The van der Waals surface area contributed by atoms with Gasteiger partial charge < -0.3 is 21.6 Å². The molecule has 306 valence electrons. The number of nitro groups is 2. The molecular formula is C42H50Cu2N6O6. The molecule has 0 saturated heterocycles. The van der Waals surface area contributed by atoms with Crippen molar-refractivity contribution in [1.29, 1.82) is 0 Å². The third-order valence-corrected chi connectivity index (χ3v) is 8.27. The Hall–Kier alpha value is -4.94. The van der Waals surface area contributed by atoms with Crippen LogP contribution in [0.2, 0.25) is 0 Å². The Morgan fingerprint density at radius 2 is 0.679 bits per heavy atom. The molecule has 0 aliphatic rings. The topological polar surface area (TPSA) is 199 Å². The number of allylic oxidation sites excluding steroid dienone is 2. The Kier molecular flexibility index (Phi) is 22.7. The Labute approximate surface area is 351 Å². The number of rotatable bonds is 10. The maximum Gasteiger partial charge on any atom is 2.00 e. The largest absolute Gasteiger partial charge is 2.00 e. The Morgan fingerprint density at radius 1 is 0.464 bits per heavy atom. The fourth-order valence-electron chi connectivity index (χ4n) is 6.28. The number of hydrogen-bond donors (Lipinski definition) is 0. The van der Waals surface area contributed by atoms with Crippen molar-refractivity contribution in [3.8, 4) is 0 Å². The maximum atomic E-state index is 11.4. The summed E-state index contributed by atoms with van der Waals surface area (Å²) in [5, 5.41) is 31.4. The minimum absolute atomic E-state index is 0. The first-order valence-electron chi connectivity index (χ1n) is 16.9. The third kappa shape index (κ3) is 14.9. The number of nitrogens with zero attached hydrogens (tertiary/aromatic N) is 6. The molecule has 0 unspecified atom stereocenters. The van der Waals surface area contributed by atoms with Crippen LogP contribution in [-0.2, 0) is 34.1 Å². The maximum absolute atomic E-state index is 11.4. The quantitative estimate of drug-likeness (QED) is 0.0657. The van der Waals surface area contributed by atoms with E-state index in [0.29, 0.717) is 0 Å². The molecule has 4 aromatic carbocycles. The molecule has 0 amide bonds. The summed E-state index contributed by atoms with van der Waals surface area (Å²) in [6.07, 6.45) is 5.08. The van der Waals surface area contributed by atoms with E-state index in [4.69, 9.17) is 0 Å². The first kappa shape index (κ1) is 53.2. The minimum Gasteiger partial charge on any atom is -0.870 e. The predicted molar refractivity (Wildman–Crippen MR) is 219 cm³/mol. The summed E-state index contributed by atoms with van der Waals surface area (Å²) >= 11 is 0. The van der Waals surface area contributed by atoms with Crippen molar-refractivity contribution in [2.24, 2.45) is 9.98 Å². The van der Waals surface area contributed by atoms with Crippen LogP contribution in [0.5, 0.6) is 0 Å². The van der Waals surface area contributed by atoms with Gasteiger partial charge in [-0.3, -0.25) is 20.2 Å². The van der Waals surface area contributed by atoms with E-state index in [9.17, 15) is 20.2 Å². The molecule has 0 heterocycles. The molecule has 14 heteroatoms. The second-order valence-corrected chi connectivity index (χ2v) is 13.4. The molecule has 0 bridgehead atoms. The van der Waals surface area contributed by atoms with Crippen molar-refractivity contribution in [3.05, 3.63) is 170 Å². The van der Waals surface area contributed by atoms with Gasteiger partial charge in [-0.15, -0.1) is 11.4 Å². The summed E-state index contributed by atoms with van der Waals surface area (Å²) in [6, 6.07) is 16.1. The van der Waals surface area contributed by atoms with Crippen molar-refractivity contribution >= 4 is 35.2 Å². The van der Waals surface area contributed by atoms with Crippen molar-refractivity contribution in [1.82, 2.24) is 0 Å². The van der Waals surface area contributed by atoms with Gasteiger partial charge >= 0.3 is 34.1 Å². The van der Waals surface area contributed by atoms with Crippen LogP contribution in [0.4, 0.5) is 22.7 Å². The van der Waals surface area contributed by atoms with E-state index in [-0.39, 0.29) is 56.5 Å². The number of hydrogen-bond acceptors (Lipinski definition) is 8. The number of aliphatic imine (C=N–C) groups is 2. The molecule has 56 heavy (non-hydrogen) atoms. The Morgan fingerprint density at radius 3 is 0.893 bits per heavy atom. The molecule has 0 saturated carbocycles.